The molecule has 1 fully saturated rings. The van der Waals surface area contributed by atoms with Gasteiger partial charge in [-0.1, -0.05) is 23.7 Å². The van der Waals surface area contributed by atoms with Crippen LogP contribution in [0.3, 0.4) is 0 Å². The molecule has 8 heteroatoms. The van der Waals surface area contributed by atoms with Crippen LogP contribution in [-0.2, 0) is 16.1 Å². The molecule has 3 rings (SSSR count). The first-order valence-corrected chi connectivity index (χ1v) is 9.13. The van der Waals surface area contributed by atoms with Crippen LogP contribution in [-0.4, -0.2) is 46.8 Å². The average Bonchev–Trinajstić information content (AvgIpc) is 2.95. The van der Waals surface area contributed by atoms with E-state index in [1.54, 1.807) is 28.6 Å². The Morgan fingerprint density at radius 2 is 1.89 bits per heavy atom. The Balaban J connectivity index is 1.73. The number of carbonyl (C=O) groups is 2. The summed E-state index contributed by atoms with van der Waals surface area (Å²) in [6.07, 6.45) is 1.14. The minimum absolute atomic E-state index is 0.170. The van der Waals surface area contributed by atoms with Crippen molar-refractivity contribution in [3.63, 3.8) is 0 Å². The molecule has 0 unspecified atom stereocenters. The van der Waals surface area contributed by atoms with Gasteiger partial charge in [-0.05, 0) is 37.5 Å². The first-order chi connectivity index (χ1) is 12.9. The number of likely N-dealkylation sites (tertiary alicyclic amines) is 1. The fraction of sp³-hybridized carbons (Fsp3) is 0.421. The number of esters is 1. The van der Waals surface area contributed by atoms with Gasteiger partial charge in [-0.3, -0.25) is 9.59 Å². The monoisotopic (exact) mass is 393 g/mol. The molecule has 0 bridgehead atoms. The topological polar surface area (TPSA) is 64.4 Å². The number of ether oxygens (including phenoxy) is 1. The van der Waals surface area contributed by atoms with Crippen LogP contribution in [0.25, 0.3) is 0 Å². The number of rotatable bonds is 4. The zero-order valence-corrected chi connectivity index (χ0v) is 16.0. The van der Waals surface area contributed by atoms with E-state index in [9.17, 15) is 14.0 Å². The second-order valence-corrected chi connectivity index (χ2v) is 6.98. The fourth-order valence-corrected chi connectivity index (χ4v) is 3.62. The number of aromatic nitrogens is 2. The van der Waals surface area contributed by atoms with Crippen molar-refractivity contribution in [1.29, 1.82) is 0 Å². The van der Waals surface area contributed by atoms with E-state index in [4.69, 9.17) is 16.3 Å². The Morgan fingerprint density at radius 1 is 1.26 bits per heavy atom. The van der Waals surface area contributed by atoms with E-state index < -0.39 is 0 Å². The number of benzene rings is 1. The molecule has 2 aromatic rings. The lowest BCUT2D eigenvalue weighted by atomic mass is 9.96. The minimum atomic E-state index is -0.312. The van der Waals surface area contributed by atoms with Crippen molar-refractivity contribution in [3.05, 3.63) is 52.1 Å². The van der Waals surface area contributed by atoms with Gasteiger partial charge in [0.15, 0.2) is 0 Å². The molecular weight excluding hydrogens is 373 g/mol. The van der Waals surface area contributed by atoms with Crippen molar-refractivity contribution in [2.45, 2.75) is 26.3 Å². The molecule has 27 heavy (non-hydrogen) atoms. The van der Waals surface area contributed by atoms with E-state index in [1.165, 1.54) is 19.2 Å². The molecule has 0 saturated carbocycles. The molecule has 1 amide bonds. The van der Waals surface area contributed by atoms with E-state index in [0.29, 0.717) is 43.7 Å². The molecule has 0 spiro atoms. The number of halogens is 2. The number of aryl methyl sites for hydroxylation is 1. The molecule has 0 radical (unpaired) electrons. The Morgan fingerprint density at radius 3 is 2.48 bits per heavy atom. The lowest BCUT2D eigenvalue weighted by Gasteiger charge is -2.30. The Labute approximate surface area is 161 Å². The highest BCUT2D eigenvalue weighted by Gasteiger charge is 2.31. The smallest absolute Gasteiger partial charge is 0.308 e. The third-order valence-corrected chi connectivity index (χ3v) is 5.23. The molecule has 0 N–H and O–H groups in total. The molecule has 1 saturated heterocycles. The third kappa shape index (κ3) is 4.13. The van der Waals surface area contributed by atoms with Crippen LogP contribution in [0.4, 0.5) is 4.39 Å². The van der Waals surface area contributed by atoms with E-state index in [-0.39, 0.29) is 28.8 Å². The van der Waals surface area contributed by atoms with E-state index in [0.717, 1.165) is 5.56 Å². The molecule has 6 nitrogen and oxygen atoms in total. The molecule has 2 heterocycles. The van der Waals surface area contributed by atoms with Crippen molar-refractivity contribution in [3.8, 4) is 0 Å². The minimum Gasteiger partial charge on any atom is -0.469 e. The summed E-state index contributed by atoms with van der Waals surface area (Å²) in [6.45, 7) is 3.02. The zero-order chi connectivity index (χ0) is 19.6. The van der Waals surface area contributed by atoms with E-state index in [2.05, 4.69) is 5.10 Å². The molecule has 1 aliphatic rings. The molecular formula is C19H21ClFN3O3. The maximum Gasteiger partial charge on any atom is 0.308 e. The van der Waals surface area contributed by atoms with Crippen molar-refractivity contribution >= 4 is 23.5 Å². The summed E-state index contributed by atoms with van der Waals surface area (Å²) in [5, 5.41) is 4.63. The molecule has 0 atom stereocenters. The highest BCUT2D eigenvalue weighted by Crippen LogP contribution is 2.26. The number of nitrogens with zero attached hydrogens (tertiary/aromatic N) is 3. The number of hydrogen-bond donors (Lipinski definition) is 0. The Hall–Kier alpha value is -2.41. The van der Waals surface area contributed by atoms with Crippen LogP contribution in [0.2, 0.25) is 5.15 Å². The van der Waals surface area contributed by atoms with Crippen molar-refractivity contribution in [2.75, 3.05) is 20.2 Å². The predicted octanol–water partition coefficient (Wildman–Crippen LogP) is 3.06. The summed E-state index contributed by atoms with van der Waals surface area (Å²) in [6, 6.07) is 6.05. The number of piperidine rings is 1. The summed E-state index contributed by atoms with van der Waals surface area (Å²) >= 11 is 6.43. The van der Waals surface area contributed by atoms with Gasteiger partial charge in [-0.15, -0.1) is 0 Å². The first kappa shape index (κ1) is 19.4. The second-order valence-electron chi connectivity index (χ2n) is 6.62. The van der Waals surface area contributed by atoms with Gasteiger partial charge in [0.05, 0.1) is 30.8 Å². The summed E-state index contributed by atoms with van der Waals surface area (Å²) in [5.74, 6) is -0.904. The van der Waals surface area contributed by atoms with Gasteiger partial charge in [-0.25, -0.2) is 9.07 Å². The number of amides is 1. The first-order valence-electron chi connectivity index (χ1n) is 8.75. The summed E-state index contributed by atoms with van der Waals surface area (Å²) < 4.78 is 19.4. The summed E-state index contributed by atoms with van der Waals surface area (Å²) in [7, 11) is 1.37. The molecule has 144 valence electrons. The van der Waals surface area contributed by atoms with Gasteiger partial charge < -0.3 is 9.64 Å². The third-order valence-electron chi connectivity index (χ3n) is 4.84. The Bertz CT molecular complexity index is 843. The zero-order valence-electron chi connectivity index (χ0n) is 15.2. The van der Waals surface area contributed by atoms with Crippen LogP contribution in [0.5, 0.6) is 0 Å². The predicted molar refractivity (Wildman–Crippen MR) is 98.1 cm³/mol. The van der Waals surface area contributed by atoms with Gasteiger partial charge >= 0.3 is 5.97 Å². The number of hydrogen-bond acceptors (Lipinski definition) is 4. The largest absolute Gasteiger partial charge is 0.469 e. The summed E-state index contributed by atoms with van der Waals surface area (Å²) in [4.78, 5) is 26.2. The molecule has 1 aliphatic heterocycles. The fourth-order valence-electron chi connectivity index (χ4n) is 3.31. The van der Waals surface area contributed by atoms with E-state index in [1.807, 2.05) is 0 Å². The Kier molecular flexibility index (Phi) is 5.79. The van der Waals surface area contributed by atoms with Gasteiger partial charge in [0, 0.05) is 13.1 Å². The van der Waals surface area contributed by atoms with Gasteiger partial charge in [0.1, 0.15) is 11.0 Å². The van der Waals surface area contributed by atoms with Gasteiger partial charge in [-0.2, -0.15) is 5.10 Å². The average molecular weight is 394 g/mol. The lowest BCUT2D eigenvalue weighted by Crippen LogP contribution is -2.40. The molecule has 1 aromatic heterocycles. The summed E-state index contributed by atoms with van der Waals surface area (Å²) in [5.41, 5.74) is 1.75. The van der Waals surface area contributed by atoms with E-state index >= 15 is 0 Å². The second kappa shape index (κ2) is 8.08. The van der Waals surface area contributed by atoms with Crippen LogP contribution in [0, 0.1) is 18.7 Å². The molecule has 0 aliphatic carbocycles. The van der Waals surface area contributed by atoms with Crippen LogP contribution < -0.4 is 0 Å². The highest BCUT2D eigenvalue weighted by molar-refractivity contribution is 6.33. The normalized spacial score (nSPS) is 15.0. The van der Waals surface area contributed by atoms with Crippen molar-refractivity contribution in [2.24, 2.45) is 5.92 Å². The lowest BCUT2D eigenvalue weighted by molar-refractivity contribution is -0.146. The van der Waals surface area contributed by atoms with Crippen LogP contribution in [0.1, 0.15) is 34.5 Å². The highest BCUT2D eigenvalue weighted by atomic mass is 35.5. The number of carbonyl (C=O) groups excluding carboxylic acids is 2. The standard InChI is InChI=1S/C19H21ClFN3O3/c1-12-16(18(25)23-9-7-14(8-10-23)19(26)27-2)17(20)24(22-12)11-13-3-5-15(21)6-4-13/h3-6,14H,7-11H2,1-2H3. The maximum atomic E-state index is 13.1. The SMILES string of the molecule is COC(=O)C1CCN(C(=O)c2c(C)nn(Cc3ccc(F)cc3)c2Cl)CC1. The van der Waals surface area contributed by atoms with Crippen molar-refractivity contribution in [1.82, 2.24) is 14.7 Å². The quantitative estimate of drug-likeness (QED) is 0.749. The van der Waals surface area contributed by atoms with Crippen LogP contribution in [0.15, 0.2) is 24.3 Å². The van der Waals surface area contributed by atoms with Gasteiger partial charge in [0.2, 0.25) is 0 Å². The number of methoxy groups -OCH3 is 1. The maximum absolute atomic E-state index is 13.1. The molecule has 1 aromatic carbocycles. The van der Waals surface area contributed by atoms with Crippen LogP contribution >= 0.6 is 11.6 Å². The van der Waals surface area contributed by atoms with Crippen molar-refractivity contribution < 1.29 is 18.7 Å². The van der Waals surface area contributed by atoms with Gasteiger partial charge in [0.25, 0.3) is 5.91 Å².